The number of aliphatic imine (C=N–C) groups is 1. The molecule has 1 fully saturated rings. The van der Waals surface area contributed by atoms with Gasteiger partial charge in [-0.25, -0.2) is 4.98 Å². The van der Waals surface area contributed by atoms with Gasteiger partial charge in [-0.05, 0) is 36.1 Å². The summed E-state index contributed by atoms with van der Waals surface area (Å²) in [6, 6.07) is 12.5. The molecule has 2 N–H and O–H groups in total. The Balaban J connectivity index is 1.23. The van der Waals surface area contributed by atoms with E-state index in [4.69, 9.17) is 4.74 Å². The molecule has 29 heavy (non-hydrogen) atoms. The van der Waals surface area contributed by atoms with Gasteiger partial charge in [0.1, 0.15) is 17.7 Å². The van der Waals surface area contributed by atoms with Gasteiger partial charge >= 0.3 is 0 Å². The number of rotatable bonds is 5. The van der Waals surface area contributed by atoms with Crippen LogP contribution >= 0.6 is 0 Å². The zero-order chi connectivity index (χ0) is 19.9. The van der Waals surface area contributed by atoms with Crippen molar-refractivity contribution in [2.24, 2.45) is 4.99 Å². The van der Waals surface area contributed by atoms with Gasteiger partial charge < -0.3 is 20.3 Å². The molecule has 0 spiro atoms. The summed E-state index contributed by atoms with van der Waals surface area (Å²) in [4.78, 5) is 11.4. The van der Waals surface area contributed by atoms with Crippen LogP contribution < -0.4 is 20.3 Å². The van der Waals surface area contributed by atoms with Crippen LogP contribution in [0.2, 0.25) is 0 Å². The van der Waals surface area contributed by atoms with Gasteiger partial charge in [-0.2, -0.15) is 0 Å². The minimum atomic E-state index is 0.139. The van der Waals surface area contributed by atoms with Crippen LogP contribution in [-0.2, 0) is 13.0 Å². The van der Waals surface area contributed by atoms with Crippen molar-refractivity contribution < 1.29 is 4.74 Å². The summed E-state index contributed by atoms with van der Waals surface area (Å²) in [5.41, 5.74) is 2.42. The van der Waals surface area contributed by atoms with E-state index in [0.29, 0.717) is 6.54 Å². The van der Waals surface area contributed by atoms with Crippen molar-refractivity contribution in [1.29, 1.82) is 0 Å². The number of anilines is 1. The van der Waals surface area contributed by atoms with Crippen molar-refractivity contribution in [2.75, 3.05) is 31.6 Å². The van der Waals surface area contributed by atoms with Crippen molar-refractivity contribution in [3.63, 3.8) is 0 Å². The van der Waals surface area contributed by atoms with E-state index in [1.165, 1.54) is 31.2 Å². The number of guanidine groups is 1. The van der Waals surface area contributed by atoms with Crippen molar-refractivity contribution in [3.05, 3.63) is 53.7 Å². The molecule has 1 aromatic carbocycles. The molecule has 0 radical (unpaired) electrons. The molecular weight excluding hydrogens is 362 g/mol. The molecule has 3 heterocycles. The Kier molecular flexibility index (Phi) is 6.49. The molecule has 1 unspecified atom stereocenters. The number of nitrogens with zero attached hydrogens (tertiary/aromatic N) is 3. The minimum Gasteiger partial charge on any atom is -0.488 e. The molecule has 1 saturated heterocycles. The summed E-state index contributed by atoms with van der Waals surface area (Å²) >= 11 is 0. The summed E-state index contributed by atoms with van der Waals surface area (Å²) in [6.07, 6.45) is 8.25. The molecule has 2 aromatic rings. The molecular formula is C23H31N5O. The molecule has 6 nitrogen and oxygen atoms in total. The molecule has 6 heteroatoms. The fourth-order valence-corrected chi connectivity index (χ4v) is 3.99. The summed E-state index contributed by atoms with van der Waals surface area (Å²) in [5.74, 6) is 2.87. The smallest absolute Gasteiger partial charge is 0.191 e. The van der Waals surface area contributed by atoms with Gasteiger partial charge in [0.25, 0.3) is 0 Å². The predicted molar refractivity (Wildman–Crippen MR) is 118 cm³/mol. The van der Waals surface area contributed by atoms with Crippen molar-refractivity contribution in [2.45, 2.75) is 44.8 Å². The second-order valence-electron chi connectivity index (χ2n) is 7.78. The third-order valence-electron chi connectivity index (χ3n) is 5.63. The van der Waals surface area contributed by atoms with E-state index in [1.54, 1.807) is 7.05 Å². The van der Waals surface area contributed by atoms with Crippen LogP contribution in [0.25, 0.3) is 0 Å². The predicted octanol–water partition coefficient (Wildman–Crippen LogP) is 3.13. The van der Waals surface area contributed by atoms with Gasteiger partial charge in [-0.1, -0.05) is 37.1 Å². The van der Waals surface area contributed by atoms with E-state index in [0.717, 1.165) is 49.1 Å². The van der Waals surface area contributed by atoms with Crippen LogP contribution in [0.15, 0.2) is 47.6 Å². The number of fused-ring (bicyclic) bond motifs is 1. The number of para-hydroxylation sites is 1. The van der Waals surface area contributed by atoms with E-state index in [9.17, 15) is 0 Å². The summed E-state index contributed by atoms with van der Waals surface area (Å²) in [7, 11) is 1.79. The monoisotopic (exact) mass is 393 g/mol. The maximum atomic E-state index is 5.98. The molecule has 0 amide bonds. The quantitative estimate of drug-likeness (QED) is 0.604. The fourth-order valence-electron chi connectivity index (χ4n) is 3.99. The molecule has 0 bridgehead atoms. The number of nitrogens with one attached hydrogen (secondary N) is 2. The van der Waals surface area contributed by atoms with Gasteiger partial charge in [0.15, 0.2) is 5.96 Å². The van der Waals surface area contributed by atoms with E-state index >= 15 is 0 Å². The Bertz CT molecular complexity index is 787. The topological polar surface area (TPSA) is 61.8 Å². The van der Waals surface area contributed by atoms with Crippen molar-refractivity contribution >= 4 is 11.8 Å². The largest absolute Gasteiger partial charge is 0.488 e. The first-order valence-corrected chi connectivity index (χ1v) is 10.7. The Morgan fingerprint density at radius 2 is 1.93 bits per heavy atom. The molecule has 0 aliphatic carbocycles. The van der Waals surface area contributed by atoms with Crippen molar-refractivity contribution in [3.8, 4) is 5.75 Å². The number of hydrogen-bond donors (Lipinski definition) is 2. The molecule has 1 atom stereocenters. The van der Waals surface area contributed by atoms with Crippen LogP contribution in [0.4, 0.5) is 5.82 Å². The van der Waals surface area contributed by atoms with E-state index in [1.807, 2.05) is 18.3 Å². The lowest BCUT2D eigenvalue weighted by atomic mass is 10.1. The maximum Gasteiger partial charge on any atom is 0.191 e. The highest BCUT2D eigenvalue weighted by Gasteiger charge is 2.22. The number of pyridine rings is 1. The highest BCUT2D eigenvalue weighted by molar-refractivity contribution is 5.79. The Hall–Kier alpha value is -2.76. The summed E-state index contributed by atoms with van der Waals surface area (Å²) in [6.45, 7) is 3.65. The minimum absolute atomic E-state index is 0.139. The SMILES string of the molecule is CN=C(NCc1ccc(N2CCCCCC2)nc1)NCC1Cc2ccccc2O1. The normalized spacial score (nSPS) is 19.3. The lowest BCUT2D eigenvalue weighted by Crippen LogP contribution is -2.41. The molecule has 0 saturated carbocycles. The summed E-state index contributed by atoms with van der Waals surface area (Å²) < 4.78 is 5.98. The van der Waals surface area contributed by atoms with Crippen LogP contribution in [-0.4, -0.2) is 43.7 Å². The van der Waals surface area contributed by atoms with Gasteiger partial charge in [0.05, 0.1) is 6.54 Å². The second kappa shape index (κ2) is 9.63. The maximum absolute atomic E-state index is 5.98. The van der Waals surface area contributed by atoms with E-state index in [-0.39, 0.29) is 6.10 Å². The molecule has 4 rings (SSSR count). The number of aromatic nitrogens is 1. The van der Waals surface area contributed by atoms with Gasteiger partial charge in [-0.3, -0.25) is 4.99 Å². The first-order valence-electron chi connectivity index (χ1n) is 10.7. The van der Waals surface area contributed by atoms with Crippen LogP contribution in [0.5, 0.6) is 5.75 Å². The number of ether oxygens (including phenoxy) is 1. The Labute approximate surface area is 173 Å². The van der Waals surface area contributed by atoms with Gasteiger partial charge in [0.2, 0.25) is 0 Å². The molecule has 1 aromatic heterocycles. The lowest BCUT2D eigenvalue weighted by molar-refractivity contribution is 0.235. The van der Waals surface area contributed by atoms with Gasteiger partial charge in [0, 0.05) is 39.3 Å². The highest BCUT2D eigenvalue weighted by atomic mass is 16.5. The average molecular weight is 394 g/mol. The molecule has 2 aliphatic rings. The number of hydrogen-bond acceptors (Lipinski definition) is 4. The Morgan fingerprint density at radius 1 is 1.10 bits per heavy atom. The highest BCUT2D eigenvalue weighted by Crippen LogP contribution is 2.27. The Morgan fingerprint density at radius 3 is 2.66 bits per heavy atom. The zero-order valence-corrected chi connectivity index (χ0v) is 17.2. The zero-order valence-electron chi connectivity index (χ0n) is 17.2. The third-order valence-corrected chi connectivity index (χ3v) is 5.63. The molecule has 2 aliphatic heterocycles. The molecule has 154 valence electrons. The fraction of sp³-hybridized carbons (Fsp3) is 0.478. The van der Waals surface area contributed by atoms with E-state index in [2.05, 4.69) is 49.8 Å². The van der Waals surface area contributed by atoms with Crippen molar-refractivity contribution in [1.82, 2.24) is 15.6 Å². The average Bonchev–Trinajstić information content (AvgIpc) is 2.98. The van der Waals surface area contributed by atoms with Crippen LogP contribution in [0.3, 0.4) is 0 Å². The summed E-state index contributed by atoms with van der Waals surface area (Å²) in [5, 5.41) is 6.74. The lowest BCUT2D eigenvalue weighted by Gasteiger charge is -2.21. The third kappa shape index (κ3) is 5.19. The number of benzene rings is 1. The second-order valence-corrected chi connectivity index (χ2v) is 7.78. The van der Waals surface area contributed by atoms with E-state index < -0.39 is 0 Å². The van der Waals surface area contributed by atoms with Crippen LogP contribution in [0.1, 0.15) is 36.8 Å². The standard InChI is InChI=1S/C23H31N5O/c1-24-23(27-17-20-14-19-8-4-5-9-21(19)29-20)26-16-18-10-11-22(25-15-18)28-12-6-2-3-7-13-28/h4-5,8-11,15,20H,2-3,6-7,12-14,16-17H2,1H3,(H2,24,26,27). The first kappa shape index (κ1) is 19.6. The first-order chi connectivity index (χ1) is 14.3. The van der Waals surface area contributed by atoms with Gasteiger partial charge in [-0.15, -0.1) is 0 Å². The van der Waals surface area contributed by atoms with Crippen LogP contribution in [0, 0.1) is 0 Å².